The Morgan fingerprint density at radius 2 is 2.24 bits per heavy atom. The zero-order valence-electron chi connectivity index (χ0n) is 10.1. The van der Waals surface area contributed by atoms with Gasteiger partial charge in [-0.15, -0.1) is 0 Å². The maximum absolute atomic E-state index is 9.43. The molecule has 0 spiro atoms. The molecule has 0 aliphatic rings. The number of nitrogens with zero attached hydrogens (tertiary/aromatic N) is 2. The zero-order valence-corrected chi connectivity index (χ0v) is 10.1. The van der Waals surface area contributed by atoms with Gasteiger partial charge in [0.25, 0.3) is 0 Å². The number of aromatic hydroxyl groups is 1. The third-order valence-electron chi connectivity index (χ3n) is 2.79. The molecule has 2 aromatic rings. The number of phenols is 1. The van der Waals surface area contributed by atoms with E-state index in [1.165, 1.54) is 0 Å². The summed E-state index contributed by atoms with van der Waals surface area (Å²) in [6.45, 7) is 5.58. The minimum Gasteiger partial charge on any atom is -0.508 e. The molecule has 0 amide bonds. The molecular weight excluding hydrogens is 214 g/mol. The molecule has 0 fully saturated rings. The molecule has 0 saturated carbocycles. The number of aromatic nitrogens is 2. The van der Waals surface area contributed by atoms with Gasteiger partial charge in [0.1, 0.15) is 11.6 Å². The van der Waals surface area contributed by atoms with Gasteiger partial charge in [-0.3, -0.25) is 0 Å². The van der Waals surface area contributed by atoms with E-state index in [9.17, 15) is 5.11 Å². The van der Waals surface area contributed by atoms with E-state index in [0.29, 0.717) is 12.3 Å². The molecule has 1 aromatic heterocycles. The van der Waals surface area contributed by atoms with Crippen LogP contribution in [-0.4, -0.2) is 14.7 Å². The number of benzene rings is 1. The van der Waals surface area contributed by atoms with E-state index in [2.05, 4.69) is 21.8 Å². The van der Waals surface area contributed by atoms with Crippen molar-refractivity contribution in [3.05, 3.63) is 42.0 Å². The lowest BCUT2D eigenvalue weighted by atomic mass is 10.2. The quantitative estimate of drug-likeness (QED) is 0.795. The summed E-state index contributed by atoms with van der Waals surface area (Å²) >= 11 is 0. The van der Waals surface area contributed by atoms with Crippen LogP contribution >= 0.6 is 0 Å². The summed E-state index contributed by atoms with van der Waals surface area (Å²) in [5.74, 6) is 1.34. The minimum absolute atomic E-state index is 0.325. The van der Waals surface area contributed by atoms with Crippen LogP contribution in [0.1, 0.15) is 18.3 Å². The number of anilines is 1. The molecule has 2 N–H and O–H groups in total. The summed E-state index contributed by atoms with van der Waals surface area (Å²) in [6, 6.07) is 5.49. The number of rotatable bonds is 4. The van der Waals surface area contributed by atoms with Crippen molar-refractivity contribution in [3.63, 3.8) is 0 Å². The van der Waals surface area contributed by atoms with Crippen LogP contribution in [0.15, 0.2) is 30.6 Å². The number of imidazole rings is 1. The van der Waals surface area contributed by atoms with Gasteiger partial charge in [-0.25, -0.2) is 4.98 Å². The molecule has 0 radical (unpaired) electrons. The van der Waals surface area contributed by atoms with Gasteiger partial charge in [-0.1, -0.05) is 0 Å². The fourth-order valence-corrected chi connectivity index (χ4v) is 1.74. The van der Waals surface area contributed by atoms with Gasteiger partial charge in [0.15, 0.2) is 0 Å². The van der Waals surface area contributed by atoms with Crippen LogP contribution in [0, 0.1) is 6.92 Å². The topological polar surface area (TPSA) is 50.1 Å². The second-order valence-corrected chi connectivity index (χ2v) is 3.98. The van der Waals surface area contributed by atoms with Gasteiger partial charge >= 0.3 is 0 Å². The van der Waals surface area contributed by atoms with E-state index in [0.717, 1.165) is 23.6 Å². The zero-order chi connectivity index (χ0) is 12.3. The Hall–Kier alpha value is -1.97. The average molecular weight is 231 g/mol. The standard InChI is InChI=1S/C13H17N3O/c1-3-16-7-6-14-13(16)9-15-11-4-5-12(17)10(2)8-11/h4-8,15,17H,3,9H2,1-2H3. The summed E-state index contributed by atoms with van der Waals surface area (Å²) in [5.41, 5.74) is 1.86. The lowest BCUT2D eigenvalue weighted by molar-refractivity contribution is 0.471. The van der Waals surface area contributed by atoms with E-state index in [4.69, 9.17) is 0 Å². The van der Waals surface area contributed by atoms with Crippen LogP contribution in [0.4, 0.5) is 5.69 Å². The number of nitrogens with one attached hydrogen (secondary N) is 1. The van der Waals surface area contributed by atoms with Crippen LogP contribution in [-0.2, 0) is 13.1 Å². The summed E-state index contributed by atoms with van der Waals surface area (Å²) in [6.07, 6.45) is 3.78. The summed E-state index contributed by atoms with van der Waals surface area (Å²) in [7, 11) is 0. The Labute approximate surface area is 101 Å². The highest BCUT2D eigenvalue weighted by Crippen LogP contribution is 2.20. The first-order chi connectivity index (χ1) is 8.20. The fourth-order valence-electron chi connectivity index (χ4n) is 1.74. The van der Waals surface area contributed by atoms with Crippen molar-refractivity contribution in [3.8, 4) is 5.75 Å². The van der Waals surface area contributed by atoms with Crippen molar-refractivity contribution in [1.29, 1.82) is 0 Å². The monoisotopic (exact) mass is 231 g/mol. The molecule has 1 aromatic carbocycles. The van der Waals surface area contributed by atoms with Crippen molar-refractivity contribution >= 4 is 5.69 Å². The highest BCUT2D eigenvalue weighted by molar-refractivity contribution is 5.50. The van der Waals surface area contributed by atoms with E-state index in [-0.39, 0.29) is 0 Å². The molecule has 1 heterocycles. The highest BCUT2D eigenvalue weighted by atomic mass is 16.3. The summed E-state index contributed by atoms with van der Waals surface area (Å²) < 4.78 is 2.10. The highest BCUT2D eigenvalue weighted by Gasteiger charge is 2.02. The van der Waals surface area contributed by atoms with Gasteiger partial charge in [-0.05, 0) is 37.6 Å². The smallest absolute Gasteiger partial charge is 0.128 e. The van der Waals surface area contributed by atoms with Crippen molar-refractivity contribution in [1.82, 2.24) is 9.55 Å². The number of hydrogen-bond acceptors (Lipinski definition) is 3. The third kappa shape index (κ3) is 2.58. The predicted molar refractivity (Wildman–Crippen MR) is 68.1 cm³/mol. The molecule has 90 valence electrons. The van der Waals surface area contributed by atoms with Crippen molar-refractivity contribution in [2.24, 2.45) is 0 Å². The second-order valence-electron chi connectivity index (χ2n) is 3.98. The molecular formula is C13H17N3O. The average Bonchev–Trinajstić information content (AvgIpc) is 2.78. The fraction of sp³-hybridized carbons (Fsp3) is 0.308. The van der Waals surface area contributed by atoms with Crippen LogP contribution < -0.4 is 5.32 Å². The predicted octanol–water partition coefficient (Wildman–Crippen LogP) is 2.53. The summed E-state index contributed by atoms with van der Waals surface area (Å²) in [4.78, 5) is 4.29. The molecule has 0 saturated heterocycles. The van der Waals surface area contributed by atoms with E-state index < -0.39 is 0 Å². The molecule has 0 atom stereocenters. The first-order valence-corrected chi connectivity index (χ1v) is 5.74. The van der Waals surface area contributed by atoms with Gasteiger partial charge < -0.3 is 15.0 Å². The van der Waals surface area contributed by atoms with E-state index >= 15 is 0 Å². The van der Waals surface area contributed by atoms with Gasteiger partial charge in [0.2, 0.25) is 0 Å². The SMILES string of the molecule is CCn1ccnc1CNc1ccc(O)c(C)c1. The van der Waals surface area contributed by atoms with Crippen LogP contribution in [0.5, 0.6) is 5.75 Å². The Kier molecular flexibility index (Phi) is 3.32. The van der Waals surface area contributed by atoms with E-state index in [1.807, 2.05) is 31.5 Å². The number of hydrogen-bond donors (Lipinski definition) is 2. The van der Waals surface area contributed by atoms with Gasteiger partial charge in [0.05, 0.1) is 6.54 Å². The molecule has 4 nitrogen and oxygen atoms in total. The number of aryl methyl sites for hydroxylation is 2. The first-order valence-electron chi connectivity index (χ1n) is 5.74. The Balaban J connectivity index is 2.05. The maximum Gasteiger partial charge on any atom is 0.128 e. The van der Waals surface area contributed by atoms with Gasteiger partial charge in [0, 0.05) is 24.6 Å². The molecule has 17 heavy (non-hydrogen) atoms. The van der Waals surface area contributed by atoms with Gasteiger partial charge in [-0.2, -0.15) is 0 Å². The molecule has 0 aliphatic carbocycles. The molecule has 2 rings (SSSR count). The molecule has 0 unspecified atom stereocenters. The molecule has 4 heteroatoms. The van der Waals surface area contributed by atoms with Crippen molar-refractivity contribution in [2.45, 2.75) is 26.9 Å². The third-order valence-corrected chi connectivity index (χ3v) is 2.79. The molecule has 0 aliphatic heterocycles. The van der Waals surface area contributed by atoms with E-state index in [1.54, 1.807) is 6.07 Å². The second kappa shape index (κ2) is 4.91. The minimum atomic E-state index is 0.325. The summed E-state index contributed by atoms with van der Waals surface area (Å²) in [5, 5.41) is 12.7. The maximum atomic E-state index is 9.43. The Morgan fingerprint density at radius 1 is 1.41 bits per heavy atom. The number of phenolic OH excluding ortho intramolecular Hbond substituents is 1. The largest absolute Gasteiger partial charge is 0.508 e. The first kappa shape index (κ1) is 11.5. The lowest BCUT2D eigenvalue weighted by Gasteiger charge is -2.09. The molecule has 0 bridgehead atoms. The van der Waals surface area contributed by atoms with Crippen LogP contribution in [0.25, 0.3) is 0 Å². The Morgan fingerprint density at radius 3 is 2.94 bits per heavy atom. The van der Waals surface area contributed by atoms with Crippen molar-refractivity contribution in [2.75, 3.05) is 5.32 Å². The Bertz CT molecular complexity index is 505. The normalized spacial score (nSPS) is 10.5. The van der Waals surface area contributed by atoms with Crippen LogP contribution in [0.3, 0.4) is 0 Å². The van der Waals surface area contributed by atoms with Crippen LogP contribution in [0.2, 0.25) is 0 Å². The van der Waals surface area contributed by atoms with Crippen molar-refractivity contribution < 1.29 is 5.11 Å². The lowest BCUT2D eigenvalue weighted by Crippen LogP contribution is -2.07.